The summed E-state index contributed by atoms with van der Waals surface area (Å²) in [5.74, 6) is 1.16. The largest absolute Gasteiger partial charge is 0.368 e. The predicted octanol–water partition coefficient (Wildman–Crippen LogP) is 2.08. The molecule has 1 aromatic carbocycles. The minimum absolute atomic E-state index is 0.0707. The summed E-state index contributed by atoms with van der Waals surface area (Å²) in [5, 5.41) is 4.18. The minimum atomic E-state index is -0.469. The third-order valence-corrected chi connectivity index (χ3v) is 5.28. The van der Waals surface area contributed by atoms with Crippen LogP contribution in [0.15, 0.2) is 24.3 Å². The number of carbonyl (C=O) groups excluding carboxylic acids is 1. The standard InChI is InChI=1S/C21H32N6O/c1-4-9-26-10-12-27(13-11-26)14-18-23-17-8-6-5-7-16(17)21(24-18)25-19(15(2)3)20(22)28/h5-8,15,19H,4,9-14H2,1-3H3,(H2,22,28)(H,23,24,25)/t19-/m0/s1. The van der Waals surface area contributed by atoms with Crippen molar-refractivity contribution in [3.63, 3.8) is 0 Å². The summed E-state index contributed by atoms with van der Waals surface area (Å²) in [6.07, 6.45) is 1.19. The van der Waals surface area contributed by atoms with E-state index in [1.165, 1.54) is 6.42 Å². The van der Waals surface area contributed by atoms with Gasteiger partial charge in [0, 0.05) is 31.6 Å². The molecule has 0 unspecified atom stereocenters. The first kappa shape index (κ1) is 20.5. The number of aromatic nitrogens is 2. The Hall–Kier alpha value is -2.25. The summed E-state index contributed by atoms with van der Waals surface area (Å²) in [5.41, 5.74) is 6.48. The van der Waals surface area contributed by atoms with Gasteiger partial charge in [-0.25, -0.2) is 9.97 Å². The van der Waals surface area contributed by atoms with Crippen LogP contribution in [-0.2, 0) is 11.3 Å². The molecular formula is C21H32N6O. The monoisotopic (exact) mass is 384 g/mol. The van der Waals surface area contributed by atoms with Crippen molar-refractivity contribution in [3.8, 4) is 0 Å². The van der Waals surface area contributed by atoms with Gasteiger partial charge in [0.2, 0.25) is 5.91 Å². The summed E-state index contributed by atoms with van der Waals surface area (Å²) in [6.45, 7) is 12.3. The van der Waals surface area contributed by atoms with E-state index in [9.17, 15) is 4.79 Å². The van der Waals surface area contributed by atoms with E-state index >= 15 is 0 Å². The third kappa shape index (κ3) is 4.97. The Morgan fingerprint density at radius 2 is 1.82 bits per heavy atom. The van der Waals surface area contributed by atoms with Crippen LogP contribution in [-0.4, -0.2) is 64.4 Å². The Balaban J connectivity index is 1.81. The number of nitrogens with one attached hydrogen (secondary N) is 1. The van der Waals surface area contributed by atoms with Crippen LogP contribution in [0.4, 0.5) is 5.82 Å². The van der Waals surface area contributed by atoms with Crippen molar-refractivity contribution in [2.24, 2.45) is 11.7 Å². The fourth-order valence-electron chi connectivity index (χ4n) is 3.71. The van der Waals surface area contributed by atoms with Crippen molar-refractivity contribution in [2.45, 2.75) is 39.8 Å². The number of para-hydroxylation sites is 1. The maximum absolute atomic E-state index is 11.9. The number of piperazine rings is 1. The molecular weight excluding hydrogens is 352 g/mol. The number of primary amides is 1. The number of benzene rings is 1. The molecule has 0 bridgehead atoms. The molecule has 152 valence electrons. The van der Waals surface area contributed by atoms with Crippen molar-refractivity contribution in [2.75, 3.05) is 38.0 Å². The topological polar surface area (TPSA) is 87.4 Å². The van der Waals surface area contributed by atoms with Crippen molar-refractivity contribution >= 4 is 22.6 Å². The Bertz CT molecular complexity index is 801. The second-order valence-electron chi connectivity index (χ2n) is 7.89. The van der Waals surface area contributed by atoms with Crippen LogP contribution in [0.5, 0.6) is 0 Å². The maximum atomic E-state index is 11.9. The molecule has 1 aliphatic rings. The molecule has 1 amide bonds. The van der Waals surface area contributed by atoms with E-state index in [1.54, 1.807) is 0 Å². The Morgan fingerprint density at radius 1 is 1.14 bits per heavy atom. The predicted molar refractivity (Wildman–Crippen MR) is 113 cm³/mol. The van der Waals surface area contributed by atoms with Gasteiger partial charge in [0.25, 0.3) is 0 Å². The van der Waals surface area contributed by atoms with Crippen LogP contribution < -0.4 is 11.1 Å². The van der Waals surface area contributed by atoms with Gasteiger partial charge < -0.3 is 16.0 Å². The lowest BCUT2D eigenvalue weighted by molar-refractivity contribution is -0.119. The van der Waals surface area contributed by atoms with Crippen LogP contribution in [0, 0.1) is 5.92 Å². The number of rotatable bonds is 8. The molecule has 7 heteroatoms. The molecule has 0 saturated carbocycles. The summed E-state index contributed by atoms with van der Waals surface area (Å²) in [7, 11) is 0. The highest BCUT2D eigenvalue weighted by Crippen LogP contribution is 2.23. The number of carbonyl (C=O) groups is 1. The molecule has 3 rings (SSSR count). The number of nitrogens with two attached hydrogens (primary N) is 1. The van der Waals surface area contributed by atoms with Crippen LogP contribution in [0.3, 0.4) is 0 Å². The zero-order valence-corrected chi connectivity index (χ0v) is 17.2. The molecule has 28 heavy (non-hydrogen) atoms. The van der Waals surface area contributed by atoms with E-state index in [-0.39, 0.29) is 11.8 Å². The molecule has 1 atom stereocenters. The number of anilines is 1. The van der Waals surface area contributed by atoms with Crippen molar-refractivity contribution in [1.29, 1.82) is 0 Å². The SMILES string of the molecule is CCCN1CCN(Cc2nc(N[C@H](C(N)=O)C(C)C)c3ccccc3n2)CC1. The van der Waals surface area contributed by atoms with E-state index in [1.807, 2.05) is 38.1 Å². The number of hydrogen-bond acceptors (Lipinski definition) is 6. The number of hydrogen-bond donors (Lipinski definition) is 2. The molecule has 1 fully saturated rings. The van der Waals surface area contributed by atoms with Crippen LogP contribution >= 0.6 is 0 Å². The average molecular weight is 385 g/mol. The first-order chi connectivity index (χ1) is 13.5. The third-order valence-electron chi connectivity index (χ3n) is 5.28. The van der Waals surface area contributed by atoms with Crippen molar-refractivity contribution in [3.05, 3.63) is 30.1 Å². The lowest BCUT2D eigenvalue weighted by Crippen LogP contribution is -2.46. The van der Waals surface area contributed by atoms with Gasteiger partial charge in [0.05, 0.1) is 12.1 Å². The van der Waals surface area contributed by atoms with Gasteiger partial charge in [0.1, 0.15) is 17.7 Å². The quantitative estimate of drug-likeness (QED) is 0.725. The van der Waals surface area contributed by atoms with Gasteiger partial charge in [-0.15, -0.1) is 0 Å². The zero-order chi connectivity index (χ0) is 20.1. The summed E-state index contributed by atoms with van der Waals surface area (Å²) in [6, 6.07) is 7.42. The molecule has 1 aliphatic heterocycles. The van der Waals surface area contributed by atoms with Gasteiger partial charge >= 0.3 is 0 Å². The van der Waals surface area contributed by atoms with Crippen LogP contribution in [0.25, 0.3) is 10.9 Å². The Labute approximate surface area is 167 Å². The Morgan fingerprint density at radius 3 is 2.46 bits per heavy atom. The first-order valence-corrected chi connectivity index (χ1v) is 10.2. The van der Waals surface area contributed by atoms with Gasteiger partial charge in [0.15, 0.2) is 0 Å². The number of fused-ring (bicyclic) bond motifs is 1. The van der Waals surface area contributed by atoms with Crippen molar-refractivity contribution < 1.29 is 4.79 Å². The molecule has 0 radical (unpaired) electrons. The van der Waals surface area contributed by atoms with Gasteiger partial charge in [-0.1, -0.05) is 32.9 Å². The van der Waals surface area contributed by atoms with E-state index in [0.717, 1.165) is 49.5 Å². The second-order valence-corrected chi connectivity index (χ2v) is 7.89. The molecule has 3 N–H and O–H groups in total. The normalized spacial score (nSPS) is 17.1. The van der Waals surface area contributed by atoms with Crippen LogP contribution in [0.1, 0.15) is 33.0 Å². The van der Waals surface area contributed by atoms with Gasteiger partial charge in [-0.3, -0.25) is 9.69 Å². The fourth-order valence-corrected chi connectivity index (χ4v) is 3.71. The highest BCUT2D eigenvalue weighted by atomic mass is 16.1. The van der Waals surface area contributed by atoms with E-state index < -0.39 is 6.04 Å². The molecule has 2 aromatic rings. The molecule has 2 heterocycles. The van der Waals surface area contributed by atoms with Gasteiger partial charge in [-0.2, -0.15) is 0 Å². The minimum Gasteiger partial charge on any atom is -0.368 e. The fraction of sp³-hybridized carbons (Fsp3) is 0.571. The lowest BCUT2D eigenvalue weighted by Gasteiger charge is -2.34. The highest BCUT2D eigenvalue weighted by molar-refractivity contribution is 5.91. The highest BCUT2D eigenvalue weighted by Gasteiger charge is 2.22. The molecule has 0 aliphatic carbocycles. The first-order valence-electron chi connectivity index (χ1n) is 10.2. The molecule has 7 nitrogen and oxygen atoms in total. The van der Waals surface area contributed by atoms with E-state index in [2.05, 4.69) is 22.0 Å². The van der Waals surface area contributed by atoms with Gasteiger partial charge in [-0.05, 0) is 31.0 Å². The van der Waals surface area contributed by atoms with Crippen molar-refractivity contribution in [1.82, 2.24) is 19.8 Å². The number of amides is 1. The average Bonchev–Trinajstić information content (AvgIpc) is 2.67. The molecule has 1 aromatic heterocycles. The zero-order valence-electron chi connectivity index (χ0n) is 17.2. The molecule has 0 spiro atoms. The summed E-state index contributed by atoms with van der Waals surface area (Å²) < 4.78 is 0. The second kappa shape index (κ2) is 9.30. The van der Waals surface area contributed by atoms with E-state index in [0.29, 0.717) is 12.4 Å². The molecule has 1 saturated heterocycles. The van der Waals surface area contributed by atoms with Crippen LogP contribution in [0.2, 0.25) is 0 Å². The smallest absolute Gasteiger partial charge is 0.240 e. The summed E-state index contributed by atoms with van der Waals surface area (Å²) in [4.78, 5) is 26.3. The summed E-state index contributed by atoms with van der Waals surface area (Å²) >= 11 is 0. The number of nitrogens with zero attached hydrogens (tertiary/aromatic N) is 4. The lowest BCUT2D eigenvalue weighted by atomic mass is 10.0. The maximum Gasteiger partial charge on any atom is 0.240 e. The van der Waals surface area contributed by atoms with E-state index in [4.69, 9.17) is 15.7 Å². The Kier molecular flexibility index (Phi) is 6.80.